The number of rotatable bonds is 8. The lowest BCUT2D eigenvalue weighted by Crippen LogP contribution is -2.16. The van der Waals surface area contributed by atoms with Gasteiger partial charge in [-0.2, -0.15) is 0 Å². The number of aromatic nitrogens is 2. The van der Waals surface area contributed by atoms with Crippen LogP contribution in [0.25, 0.3) is 21.8 Å². The highest BCUT2D eigenvalue weighted by Gasteiger charge is 2.19. The van der Waals surface area contributed by atoms with Crippen LogP contribution < -0.4 is 0 Å². The first-order chi connectivity index (χ1) is 20.2. The molecular formula is C30H30N8O4. The van der Waals surface area contributed by atoms with Crippen LogP contribution in [-0.4, -0.2) is 69.2 Å². The predicted molar refractivity (Wildman–Crippen MR) is 159 cm³/mol. The first-order valence-electron chi connectivity index (χ1n) is 13.1. The molecule has 0 spiro atoms. The maximum absolute atomic E-state index is 12.8. The highest BCUT2D eigenvalue weighted by Crippen LogP contribution is 2.40. The number of azo groups is 2. The number of benzene rings is 3. The second-order valence-corrected chi connectivity index (χ2v) is 10.3. The van der Waals surface area contributed by atoms with E-state index in [2.05, 4.69) is 20.5 Å². The third-order valence-electron chi connectivity index (χ3n) is 6.54. The van der Waals surface area contributed by atoms with Gasteiger partial charge in [-0.05, 0) is 64.6 Å². The molecule has 5 rings (SSSR count). The molecule has 214 valence electrons. The van der Waals surface area contributed by atoms with Gasteiger partial charge in [0.05, 0.1) is 24.4 Å². The summed E-state index contributed by atoms with van der Waals surface area (Å²) in [5, 5.41) is 38.7. The van der Waals surface area contributed by atoms with Gasteiger partial charge < -0.3 is 10.2 Å². The lowest BCUT2D eigenvalue weighted by molar-refractivity contribution is 0.0983. The second-order valence-electron chi connectivity index (χ2n) is 10.3. The minimum atomic E-state index is -0.641. The van der Waals surface area contributed by atoms with E-state index in [0.717, 1.165) is 11.0 Å². The van der Waals surface area contributed by atoms with Crippen molar-refractivity contribution in [3.8, 4) is 11.8 Å². The molecular weight excluding hydrogens is 536 g/mol. The quantitative estimate of drug-likeness (QED) is 0.224. The van der Waals surface area contributed by atoms with Gasteiger partial charge in [-0.1, -0.05) is 36.4 Å². The molecule has 0 radical (unpaired) electrons. The first kappa shape index (κ1) is 28.3. The molecule has 42 heavy (non-hydrogen) atoms. The maximum Gasteiger partial charge on any atom is 0.295 e. The molecule has 0 unspecified atom stereocenters. The zero-order chi connectivity index (χ0) is 30.0. The van der Waals surface area contributed by atoms with Crippen molar-refractivity contribution in [1.82, 2.24) is 18.9 Å². The molecule has 2 amide bonds. The number of carbonyl (C=O) groups excluding carboxylic acids is 2. The van der Waals surface area contributed by atoms with Gasteiger partial charge in [0.15, 0.2) is 11.4 Å². The zero-order valence-corrected chi connectivity index (χ0v) is 23.6. The van der Waals surface area contributed by atoms with E-state index in [0.29, 0.717) is 24.1 Å². The van der Waals surface area contributed by atoms with E-state index in [4.69, 9.17) is 0 Å². The summed E-state index contributed by atoms with van der Waals surface area (Å²) in [5.41, 5.74) is 2.32. The van der Waals surface area contributed by atoms with Crippen molar-refractivity contribution in [3.63, 3.8) is 0 Å². The average Bonchev–Trinajstić information content (AvgIpc) is 3.39. The molecule has 0 bridgehead atoms. The smallest absolute Gasteiger partial charge is 0.295 e. The zero-order valence-electron chi connectivity index (χ0n) is 23.6. The van der Waals surface area contributed by atoms with Crippen molar-refractivity contribution in [1.29, 1.82) is 0 Å². The Hall–Kier alpha value is -5.20. The molecule has 3 aromatic carbocycles. The van der Waals surface area contributed by atoms with Gasteiger partial charge >= 0.3 is 0 Å². The van der Waals surface area contributed by atoms with Gasteiger partial charge in [0.25, 0.3) is 11.8 Å². The largest absolute Gasteiger partial charge is 0.493 e. The number of aromatic hydroxyl groups is 2. The van der Waals surface area contributed by atoms with Crippen LogP contribution in [0.5, 0.6) is 11.8 Å². The van der Waals surface area contributed by atoms with Crippen molar-refractivity contribution < 1.29 is 19.8 Å². The molecule has 2 heterocycles. The summed E-state index contributed by atoms with van der Waals surface area (Å²) in [6.07, 6.45) is 0. The molecule has 0 aliphatic rings. The Morgan fingerprint density at radius 3 is 1.33 bits per heavy atom. The fourth-order valence-corrected chi connectivity index (χ4v) is 4.65. The number of carbonyl (C=O) groups is 2. The summed E-state index contributed by atoms with van der Waals surface area (Å²) in [5.74, 6) is -1.47. The summed E-state index contributed by atoms with van der Waals surface area (Å²) >= 11 is 0. The Bertz CT molecular complexity index is 1710. The fourth-order valence-electron chi connectivity index (χ4n) is 4.65. The van der Waals surface area contributed by atoms with Gasteiger partial charge in [0, 0.05) is 21.9 Å². The van der Waals surface area contributed by atoms with Crippen LogP contribution in [0.4, 0.5) is 11.4 Å². The summed E-state index contributed by atoms with van der Waals surface area (Å²) in [7, 11) is 7.51. The second kappa shape index (κ2) is 11.7. The van der Waals surface area contributed by atoms with E-state index < -0.39 is 11.8 Å². The molecule has 2 aromatic heterocycles. The molecule has 0 atom stereocenters. The van der Waals surface area contributed by atoms with E-state index >= 15 is 0 Å². The monoisotopic (exact) mass is 566 g/mol. The topological polar surface area (TPSA) is 140 Å². The minimum Gasteiger partial charge on any atom is -0.493 e. The van der Waals surface area contributed by atoms with Crippen LogP contribution in [0.2, 0.25) is 0 Å². The lowest BCUT2D eigenvalue weighted by Gasteiger charge is -2.12. The molecule has 0 fully saturated rings. The Kier molecular flexibility index (Phi) is 7.91. The Morgan fingerprint density at radius 1 is 0.619 bits per heavy atom. The number of amides is 2. The number of hydrogen-bond acceptors (Lipinski definition) is 8. The maximum atomic E-state index is 12.8. The molecule has 2 N–H and O–H groups in total. The Balaban J connectivity index is 1.34. The third kappa shape index (κ3) is 5.53. The highest BCUT2D eigenvalue weighted by molar-refractivity contribution is 6.00. The van der Waals surface area contributed by atoms with Crippen LogP contribution in [0, 0.1) is 0 Å². The van der Waals surface area contributed by atoms with Crippen molar-refractivity contribution in [3.05, 3.63) is 83.9 Å². The van der Waals surface area contributed by atoms with Crippen LogP contribution in [-0.2, 0) is 13.3 Å². The van der Waals surface area contributed by atoms with Gasteiger partial charge in [-0.25, -0.2) is 0 Å². The molecule has 0 saturated heterocycles. The van der Waals surface area contributed by atoms with E-state index in [9.17, 15) is 19.8 Å². The van der Waals surface area contributed by atoms with Crippen LogP contribution in [0.15, 0.2) is 93.3 Å². The number of nitrogens with zero attached hydrogens (tertiary/aromatic N) is 8. The van der Waals surface area contributed by atoms with Gasteiger partial charge in [-0.3, -0.25) is 28.5 Å². The summed E-state index contributed by atoms with van der Waals surface area (Å²) < 4.78 is 3.37. The van der Waals surface area contributed by atoms with Gasteiger partial charge in [-0.15, -0.1) is 20.5 Å². The molecule has 0 aliphatic carbocycles. The standard InChI is InChI=1S/C30H30N8O4/c1-35(2)17-37-23-11-7-5-9-21(23)25(29(37)41)31-33-27(39)19-13-15-20(16-14-19)28(40)34-32-26-22-10-6-8-12-24(22)38(30(26)42)18-36(3)4/h5-16,41-42H,17-18H2,1-4H3. The van der Waals surface area contributed by atoms with Gasteiger partial charge in [0.2, 0.25) is 11.8 Å². The van der Waals surface area contributed by atoms with Gasteiger partial charge in [0.1, 0.15) is 0 Å². The molecule has 12 heteroatoms. The Morgan fingerprint density at radius 2 is 0.976 bits per heavy atom. The van der Waals surface area contributed by atoms with Crippen LogP contribution >= 0.6 is 0 Å². The van der Waals surface area contributed by atoms with Crippen molar-refractivity contribution >= 4 is 45.0 Å². The number of fused-ring (bicyclic) bond motifs is 2. The third-order valence-corrected chi connectivity index (χ3v) is 6.54. The fraction of sp³-hybridized carbons (Fsp3) is 0.200. The van der Waals surface area contributed by atoms with E-state index in [1.807, 2.05) is 74.4 Å². The van der Waals surface area contributed by atoms with Crippen molar-refractivity contribution in [2.45, 2.75) is 13.3 Å². The van der Waals surface area contributed by atoms with Crippen LogP contribution in [0.1, 0.15) is 20.7 Å². The molecule has 0 saturated carbocycles. The van der Waals surface area contributed by atoms with Crippen LogP contribution in [0.3, 0.4) is 0 Å². The van der Waals surface area contributed by atoms with E-state index in [1.165, 1.54) is 24.3 Å². The SMILES string of the molecule is CN(C)Cn1c(O)c(N=NC(=O)c2ccc(C(=O)N=Nc3c(O)n(CN(C)C)c4ccccc34)cc2)c2ccccc21. The lowest BCUT2D eigenvalue weighted by atomic mass is 10.1. The molecule has 0 aliphatic heterocycles. The average molecular weight is 567 g/mol. The molecule has 12 nitrogen and oxygen atoms in total. The Labute approximate surface area is 241 Å². The number of para-hydroxylation sites is 2. The summed E-state index contributed by atoms with van der Waals surface area (Å²) in [6.45, 7) is 0.834. The van der Waals surface area contributed by atoms with Crippen molar-refractivity contribution in [2.24, 2.45) is 20.5 Å². The first-order valence-corrected chi connectivity index (χ1v) is 13.1. The number of hydrogen-bond donors (Lipinski definition) is 2. The summed E-state index contributed by atoms with van der Waals surface area (Å²) in [6, 6.07) is 20.4. The highest BCUT2D eigenvalue weighted by atomic mass is 16.3. The molecule has 5 aromatic rings. The predicted octanol–water partition coefficient (Wildman–Crippen LogP) is 5.89. The summed E-state index contributed by atoms with van der Waals surface area (Å²) in [4.78, 5) is 29.3. The van der Waals surface area contributed by atoms with E-state index in [-0.39, 0.29) is 34.3 Å². The van der Waals surface area contributed by atoms with E-state index in [1.54, 1.807) is 21.3 Å². The minimum absolute atomic E-state index is 0.0939. The van der Waals surface area contributed by atoms with Crippen molar-refractivity contribution in [2.75, 3.05) is 28.2 Å². The normalized spacial score (nSPS) is 12.1.